The van der Waals surface area contributed by atoms with Crippen molar-refractivity contribution in [1.29, 1.82) is 0 Å². The van der Waals surface area contributed by atoms with Crippen molar-refractivity contribution in [1.82, 2.24) is 20.2 Å². The lowest BCUT2D eigenvalue weighted by Crippen LogP contribution is -2.43. The molecule has 0 unspecified atom stereocenters. The third-order valence-corrected chi connectivity index (χ3v) is 5.32. The molecule has 0 amide bonds. The maximum absolute atomic E-state index is 10.6. The van der Waals surface area contributed by atoms with Crippen molar-refractivity contribution in [3.05, 3.63) is 35.3 Å². The van der Waals surface area contributed by atoms with E-state index in [4.69, 9.17) is 4.74 Å². The van der Waals surface area contributed by atoms with Gasteiger partial charge in [-0.2, -0.15) is 0 Å². The van der Waals surface area contributed by atoms with Crippen molar-refractivity contribution in [2.24, 2.45) is 0 Å². The fraction of sp³-hybridized carbons (Fsp3) is 0.500. The van der Waals surface area contributed by atoms with Gasteiger partial charge < -0.3 is 15.2 Å². The fourth-order valence-corrected chi connectivity index (χ4v) is 3.95. The number of nitrogens with zero attached hydrogens (tertiary/aromatic N) is 3. The van der Waals surface area contributed by atoms with Crippen molar-refractivity contribution in [3.63, 3.8) is 0 Å². The number of piperidine rings is 1. The number of hydrogen-bond acceptors (Lipinski definition) is 6. The van der Waals surface area contributed by atoms with Crippen LogP contribution in [0.1, 0.15) is 29.8 Å². The van der Waals surface area contributed by atoms with E-state index >= 15 is 0 Å². The van der Waals surface area contributed by atoms with E-state index in [1.54, 1.807) is 12.3 Å². The van der Waals surface area contributed by atoms with Gasteiger partial charge in [0, 0.05) is 36.5 Å². The first-order chi connectivity index (χ1) is 12.6. The Morgan fingerprint density at radius 1 is 1.23 bits per heavy atom. The van der Waals surface area contributed by atoms with E-state index in [9.17, 15) is 5.11 Å². The number of hydrogen-bond donors (Lipinski definition) is 2. The van der Waals surface area contributed by atoms with Crippen LogP contribution in [-0.4, -0.2) is 52.3 Å². The largest absolute Gasteiger partial charge is 0.504 e. The molecule has 2 N–H and O–H groups in total. The zero-order chi connectivity index (χ0) is 18.1. The Morgan fingerprint density at radius 3 is 2.85 bits per heavy atom. The molecule has 2 aliphatic heterocycles. The number of ether oxygens (including phenoxy) is 1. The summed E-state index contributed by atoms with van der Waals surface area (Å²) in [5, 5.41) is 14.0. The van der Waals surface area contributed by atoms with Crippen LogP contribution in [0.2, 0.25) is 0 Å². The zero-order valence-corrected chi connectivity index (χ0v) is 15.5. The van der Waals surface area contributed by atoms with Gasteiger partial charge in [0.1, 0.15) is 6.61 Å². The van der Waals surface area contributed by atoms with Gasteiger partial charge in [0.25, 0.3) is 0 Å². The number of nitrogens with one attached hydrogen (secondary N) is 1. The highest BCUT2D eigenvalue weighted by Gasteiger charge is 2.26. The third-order valence-electron chi connectivity index (χ3n) is 5.32. The summed E-state index contributed by atoms with van der Waals surface area (Å²) in [6, 6.07) is 4.41. The first kappa shape index (κ1) is 17.2. The molecule has 2 aromatic rings. The van der Waals surface area contributed by atoms with Gasteiger partial charge in [-0.1, -0.05) is 0 Å². The number of aryl methyl sites for hydroxylation is 2. The highest BCUT2D eigenvalue weighted by Crippen LogP contribution is 2.38. The van der Waals surface area contributed by atoms with E-state index in [0.717, 1.165) is 67.2 Å². The number of fused-ring (bicyclic) bond motifs is 1. The van der Waals surface area contributed by atoms with E-state index in [1.165, 1.54) is 0 Å². The van der Waals surface area contributed by atoms with Gasteiger partial charge in [0.15, 0.2) is 11.5 Å². The maximum Gasteiger partial charge on any atom is 0.165 e. The van der Waals surface area contributed by atoms with Crippen LogP contribution < -0.4 is 10.1 Å². The topological polar surface area (TPSA) is 70.5 Å². The van der Waals surface area contributed by atoms with Crippen LogP contribution in [0.15, 0.2) is 18.3 Å². The van der Waals surface area contributed by atoms with Gasteiger partial charge in [0.05, 0.1) is 17.1 Å². The van der Waals surface area contributed by atoms with Crippen LogP contribution in [0.4, 0.5) is 0 Å². The minimum atomic E-state index is 0.187. The lowest BCUT2D eigenvalue weighted by molar-refractivity contribution is 0.141. The SMILES string of the molecule is Cc1cnc(C)c(-c2cc(O)c3c(c2)CN(C2CCNCC2)CCO3)n1. The van der Waals surface area contributed by atoms with E-state index in [0.29, 0.717) is 18.4 Å². The van der Waals surface area contributed by atoms with Crippen LogP contribution >= 0.6 is 0 Å². The molecule has 0 aliphatic carbocycles. The van der Waals surface area contributed by atoms with Crippen molar-refractivity contribution >= 4 is 0 Å². The predicted octanol–water partition coefficient (Wildman–Crippen LogP) is 2.41. The van der Waals surface area contributed by atoms with E-state index in [-0.39, 0.29) is 5.75 Å². The molecule has 1 fully saturated rings. The molecule has 26 heavy (non-hydrogen) atoms. The van der Waals surface area contributed by atoms with Gasteiger partial charge in [-0.05, 0) is 51.9 Å². The van der Waals surface area contributed by atoms with Gasteiger partial charge in [-0.15, -0.1) is 0 Å². The minimum Gasteiger partial charge on any atom is -0.504 e. The summed E-state index contributed by atoms with van der Waals surface area (Å²) in [5.74, 6) is 0.802. The summed E-state index contributed by atoms with van der Waals surface area (Å²) in [4.78, 5) is 11.5. The lowest BCUT2D eigenvalue weighted by Gasteiger charge is -2.33. The average Bonchev–Trinajstić information content (AvgIpc) is 2.87. The van der Waals surface area contributed by atoms with Crippen LogP contribution in [0.25, 0.3) is 11.3 Å². The van der Waals surface area contributed by atoms with Gasteiger partial charge in [0.2, 0.25) is 0 Å². The van der Waals surface area contributed by atoms with Crippen LogP contribution in [0.5, 0.6) is 11.5 Å². The van der Waals surface area contributed by atoms with Gasteiger partial charge >= 0.3 is 0 Å². The van der Waals surface area contributed by atoms with Crippen molar-refractivity contribution in [2.75, 3.05) is 26.2 Å². The van der Waals surface area contributed by atoms with E-state index in [2.05, 4.69) is 26.3 Å². The molecule has 0 radical (unpaired) electrons. The molecule has 6 heteroatoms. The Labute approximate surface area is 154 Å². The number of rotatable bonds is 2. The van der Waals surface area contributed by atoms with E-state index < -0.39 is 0 Å². The second-order valence-corrected chi connectivity index (χ2v) is 7.23. The normalized spacial score (nSPS) is 18.8. The summed E-state index contributed by atoms with van der Waals surface area (Å²) in [6.07, 6.45) is 4.08. The number of aromatic hydroxyl groups is 1. The Hall–Kier alpha value is -2.18. The molecule has 0 saturated carbocycles. The molecule has 138 valence electrons. The standard InChI is InChI=1S/C20H26N4O2/c1-13-11-22-14(2)19(23-13)15-9-16-12-24(17-3-5-21-6-4-17)7-8-26-20(16)18(25)10-15/h9-11,17,21,25H,3-8,12H2,1-2H3. The average molecular weight is 354 g/mol. The Bertz CT molecular complexity index is 803. The quantitative estimate of drug-likeness (QED) is 0.863. The molecule has 4 rings (SSSR count). The van der Waals surface area contributed by atoms with Crippen LogP contribution in [0, 0.1) is 13.8 Å². The van der Waals surface area contributed by atoms with Gasteiger partial charge in [-0.25, -0.2) is 4.98 Å². The molecule has 6 nitrogen and oxygen atoms in total. The Balaban J connectivity index is 1.70. The summed E-state index contributed by atoms with van der Waals surface area (Å²) in [7, 11) is 0. The monoisotopic (exact) mass is 354 g/mol. The number of benzene rings is 1. The Morgan fingerprint density at radius 2 is 2.04 bits per heavy atom. The first-order valence-corrected chi connectivity index (χ1v) is 9.36. The first-order valence-electron chi connectivity index (χ1n) is 9.36. The molecule has 0 atom stereocenters. The molecular weight excluding hydrogens is 328 g/mol. The van der Waals surface area contributed by atoms with E-state index in [1.807, 2.05) is 13.8 Å². The smallest absolute Gasteiger partial charge is 0.165 e. The Kier molecular flexibility index (Phi) is 4.78. The third kappa shape index (κ3) is 3.39. The molecule has 2 aliphatic rings. The summed E-state index contributed by atoms with van der Waals surface area (Å²) in [5.41, 5.74) is 4.47. The summed E-state index contributed by atoms with van der Waals surface area (Å²) >= 11 is 0. The minimum absolute atomic E-state index is 0.187. The highest BCUT2D eigenvalue weighted by molar-refractivity contribution is 5.68. The molecule has 0 spiro atoms. The molecule has 1 aromatic carbocycles. The number of phenols is 1. The summed E-state index contributed by atoms with van der Waals surface area (Å²) < 4.78 is 5.90. The predicted molar refractivity (Wildman–Crippen MR) is 100 cm³/mol. The zero-order valence-electron chi connectivity index (χ0n) is 15.5. The number of phenolic OH excluding ortho intramolecular Hbond substituents is 1. The highest BCUT2D eigenvalue weighted by atomic mass is 16.5. The maximum atomic E-state index is 10.6. The molecule has 1 aromatic heterocycles. The summed E-state index contributed by atoms with van der Waals surface area (Å²) in [6.45, 7) is 8.30. The molecular formula is C20H26N4O2. The second-order valence-electron chi connectivity index (χ2n) is 7.23. The lowest BCUT2D eigenvalue weighted by atomic mass is 10.0. The van der Waals surface area contributed by atoms with Crippen molar-refractivity contribution < 1.29 is 9.84 Å². The number of aromatic nitrogens is 2. The van der Waals surface area contributed by atoms with Crippen molar-refractivity contribution in [3.8, 4) is 22.8 Å². The van der Waals surface area contributed by atoms with Crippen LogP contribution in [-0.2, 0) is 6.54 Å². The second kappa shape index (κ2) is 7.21. The molecule has 3 heterocycles. The molecule has 0 bridgehead atoms. The fourth-order valence-electron chi connectivity index (χ4n) is 3.95. The van der Waals surface area contributed by atoms with Crippen molar-refractivity contribution in [2.45, 2.75) is 39.3 Å². The van der Waals surface area contributed by atoms with Gasteiger partial charge in [-0.3, -0.25) is 9.88 Å². The van der Waals surface area contributed by atoms with Crippen LogP contribution in [0.3, 0.4) is 0 Å². The molecule has 1 saturated heterocycles.